The quantitative estimate of drug-likeness (QED) is 0.800. The van der Waals surface area contributed by atoms with Crippen molar-refractivity contribution in [1.29, 1.82) is 0 Å². The fourth-order valence-electron chi connectivity index (χ4n) is 1.98. The molecule has 2 nitrogen and oxygen atoms in total. The molecule has 3 heteroatoms. The van der Waals surface area contributed by atoms with Gasteiger partial charge in [0.05, 0.1) is 6.61 Å². The molecule has 88 valence electrons. The summed E-state index contributed by atoms with van der Waals surface area (Å²) < 4.78 is 5.72. The Morgan fingerprint density at radius 2 is 2.25 bits per heavy atom. The molecule has 1 heterocycles. The van der Waals surface area contributed by atoms with Gasteiger partial charge in [-0.05, 0) is 29.7 Å². The van der Waals surface area contributed by atoms with Crippen LogP contribution in [0.5, 0.6) is 5.75 Å². The van der Waals surface area contributed by atoms with Gasteiger partial charge >= 0.3 is 0 Å². The van der Waals surface area contributed by atoms with E-state index in [1.54, 1.807) is 0 Å². The lowest BCUT2D eigenvalue weighted by atomic mass is 9.98. The van der Waals surface area contributed by atoms with E-state index in [1.807, 2.05) is 23.9 Å². The number of para-hydroxylation sites is 1. The first kappa shape index (κ1) is 11.8. The molecule has 0 radical (unpaired) electrons. The first-order valence-corrected chi connectivity index (χ1v) is 6.97. The summed E-state index contributed by atoms with van der Waals surface area (Å²) in [7, 11) is 0. The van der Waals surface area contributed by atoms with E-state index < -0.39 is 0 Å². The lowest BCUT2D eigenvalue weighted by Gasteiger charge is -2.15. The molecule has 1 atom stereocenters. The Bertz CT molecular complexity index is 321. The van der Waals surface area contributed by atoms with Crippen molar-refractivity contribution in [3.05, 3.63) is 29.8 Å². The molecule has 0 aromatic heterocycles. The average Bonchev–Trinajstić information content (AvgIpc) is 2.83. The van der Waals surface area contributed by atoms with Crippen LogP contribution in [0.3, 0.4) is 0 Å². The van der Waals surface area contributed by atoms with Gasteiger partial charge in [0.2, 0.25) is 0 Å². The lowest BCUT2D eigenvalue weighted by molar-refractivity contribution is 0.232. The Labute approximate surface area is 101 Å². The minimum Gasteiger partial charge on any atom is -0.493 e. The predicted molar refractivity (Wildman–Crippen MR) is 68.3 cm³/mol. The molecule has 2 rings (SSSR count). The van der Waals surface area contributed by atoms with E-state index in [1.165, 1.54) is 23.5 Å². The third-order valence-electron chi connectivity index (χ3n) is 2.85. The highest BCUT2D eigenvalue weighted by Gasteiger charge is 2.20. The zero-order chi connectivity index (χ0) is 11.2. The zero-order valence-electron chi connectivity index (χ0n) is 9.39. The van der Waals surface area contributed by atoms with Gasteiger partial charge in [-0.3, -0.25) is 0 Å². The normalized spacial score (nSPS) is 19.9. The fraction of sp³-hybridized carbons (Fsp3) is 0.538. The summed E-state index contributed by atoms with van der Waals surface area (Å²) in [6, 6.07) is 8.30. The standard InChI is InChI=1S/C13H18O2S/c14-7-3-8-15-13-5-2-1-4-12(13)11-6-9-16-10-11/h1-2,4-5,11,14H,3,6-10H2. The van der Waals surface area contributed by atoms with Crippen molar-refractivity contribution < 1.29 is 9.84 Å². The van der Waals surface area contributed by atoms with E-state index >= 15 is 0 Å². The second kappa shape index (κ2) is 6.16. The number of hydrogen-bond acceptors (Lipinski definition) is 3. The molecule has 16 heavy (non-hydrogen) atoms. The molecule has 0 aliphatic carbocycles. The van der Waals surface area contributed by atoms with E-state index in [4.69, 9.17) is 9.84 Å². The van der Waals surface area contributed by atoms with Crippen LogP contribution in [0.25, 0.3) is 0 Å². The van der Waals surface area contributed by atoms with Crippen molar-refractivity contribution in [2.75, 3.05) is 24.7 Å². The second-order valence-corrected chi connectivity index (χ2v) is 5.17. The molecule has 1 unspecified atom stereocenters. The maximum atomic E-state index is 8.74. The van der Waals surface area contributed by atoms with Crippen molar-refractivity contribution in [3.63, 3.8) is 0 Å². The SMILES string of the molecule is OCCCOc1ccccc1C1CCSC1. The van der Waals surface area contributed by atoms with Gasteiger partial charge in [-0.1, -0.05) is 18.2 Å². The Morgan fingerprint density at radius 1 is 1.38 bits per heavy atom. The largest absolute Gasteiger partial charge is 0.493 e. The Hall–Kier alpha value is -0.670. The topological polar surface area (TPSA) is 29.5 Å². The first-order chi connectivity index (χ1) is 7.92. The van der Waals surface area contributed by atoms with Crippen LogP contribution in [0.15, 0.2) is 24.3 Å². The van der Waals surface area contributed by atoms with Crippen LogP contribution in [0.2, 0.25) is 0 Å². The number of benzene rings is 1. The molecule has 1 aliphatic heterocycles. The van der Waals surface area contributed by atoms with Crippen LogP contribution in [-0.2, 0) is 0 Å². The van der Waals surface area contributed by atoms with Crippen molar-refractivity contribution in [3.8, 4) is 5.75 Å². The summed E-state index contributed by atoms with van der Waals surface area (Å²) in [6.45, 7) is 0.800. The number of ether oxygens (including phenoxy) is 1. The Morgan fingerprint density at radius 3 is 3.00 bits per heavy atom. The monoisotopic (exact) mass is 238 g/mol. The van der Waals surface area contributed by atoms with Gasteiger partial charge < -0.3 is 9.84 Å². The van der Waals surface area contributed by atoms with Crippen LogP contribution in [0.4, 0.5) is 0 Å². The molecule has 0 bridgehead atoms. The van der Waals surface area contributed by atoms with E-state index in [-0.39, 0.29) is 6.61 Å². The van der Waals surface area contributed by atoms with Crippen LogP contribution in [-0.4, -0.2) is 29.8 Å². The molecule has 0 saturated carbocycles. The predicted octanol–water partition coefficient (Wildman–Crippen LogP) is 2.67. The van der Waals surface area contributed by atoms with Gasteiger partial charge in [-0.15, -0.1) is 0 Å². The Balaban J connectivity index is 2.04. The summed E-state index contributed by atoms with van der Waals surface area (Å²) >= 11 is 2.02. The van der Waals surface area contributed by atoms with Crippen molar-refractivity contribution in [2.24, 2.45) is 0 Å². The van der Waals surface area contributed by atoms with Crippen LogP contribution >= 0.6 is 11.8 Å². The smallest absolute Gasteiger partial charge is 0.122 e. The summed E-state index contributed by atoms with van der Waals surface area (Å²) in [5.74, 6) is 4.12. The first-order valence-electron chi connectivity index (χ1n) is 5.82. The van der Waals surface area contributed by atoms with E-state index in [9.17, 15) is 0 Å². The second-order valence-electron chi connectivity index (χ2n) is 4.02. The minimum absolute atomic E-state index is 0.196. The molecule has 1 aromatic rings. The van der Waals surface area contributed by atoms with Gasteiger partial charge in [-0.2, -0.15) is 11.8 Å². The minimum atomic E-state index is 0.196. The molecule has 1 fully saturated rings. The molecule has 1 aliphatic rings. The van der Waals surface area contributed by atoms with Gasteiger partial charge in [0, 0.05) is 18.8 Å². The summed E-state index contributed by atoms with van der Waals surface area (Å²) in [5, 5.41) is 8.74. The van der Waals surface area contributed by atoms with Gasteiger partial charge in [0.15, 0.2) is 0 Å². The number of rotatable bonds is 5. The van der Waals surface area contributed by atoms with Gasteiger partial charge in [0.1, 0.15) is 5.75 Å². The molecule has 1 saturated heterocycles. The molecule has 0 spiro atoms. The van der Waals surface area contributed by atoms with Gasteiger partial charge in [-0.25, -0.2) is 0 Å². The summed E-state index contributed by atoms with van der Waals surface area (Å²) in [6.07, 6.45) is 1.96. The Kier molecular flexibility index (Phi) is 4.55. The van der Waals surface area contributed by atoms with E-state index in [2.05, 4.69) is 12.1 Å². The summed E-state index contributed by atoms with van der Waals surface area (Å²) in [5.41, 5.74) is 1.34. The third kappa shape index (κ3) is 2.92. The molecule has 0 amide bonds. The van der Waals surface area contributed by atoms with Crippen LogP contribution in [0.1, 0.15) is 24.3 Å². The van der Waals surface area contributed by atoms with E-state index in [0.29, 0.717) is 18.9 Å². The maximum Gasteiger partial charge on any atom is 0.122 e. The fourth-order valence-corrected chi connectivity index (χ4v) is 3.22. The molecule has 1 aromatic carbocycles. The highest BCUT2D eigenvalue weighted by Crippen LogP contribution is 2.36. The molecular formula is C13H18O2S. The lowest BCUT2D eigenvalue weighted by Crippen LogP contribution is -2.04. The van der Waals surface area contributed by atoms with Crippen molar-refractivity contribution in [1.82, 2.24) is 0 Å². The maximum absolute atomic E-state index is 8.74. The highest BCUT2D eigenvalue weighted by molar-refractivity contribution is 7.99. The van der Waals surface area contributed by atoms with Crippen molar-refractivity contribution >= 4 is 11.8 Å². The molecular weight excluding hydrogens is 220 g/mol. The van der Waals surface area contributed by atoms with Crippen molar-refractivity contribution in [2.45, 2.75) is 18.8 Å². The highest BCUT2D eigenvalue weighted by atomic mass is 32.2. The summed E-state index contributed by atoms with van der Waals surface area (Å²) in [4.78, 5) is 0. The van der Waals surface area contributed by atoms with Gasteiger partial charge in [0.25, 0.3) is 0 Å². The van der Waals surface area contributed by atoms with Crippen LogP contribution in [0, 0.1) is 0 Å². The van der Waals surface area contributed by atoms with Crippen LogP contribution < -0.4 is 4.74 Å². The molecule has 1 N–H and O–H groups in total. The zero-order valence-corrected chi connectivity index (χ0v) is 10.2. The third-order valence-corrected chi connectivity index (χ3v) is 4.01. The number of aliphatic hydroxyl groups excluding tert-OH is 1. The van der Waals surface area contributed by atoms with E-state index in [0.717, 1.165) is 5.75 Å². The average molecular weight is 238 g/mol. The number of aliphatic hydroxyl groups is 1. The number of thioether (sulfide) groups is 1. The number of hydrogen-bond donors (Lipinski definition) is 1.